The summed E-state index contributed by atoms with van der Waals surface area (Å²) in [6.07, 6.45) is -0.0835. The van der Waals surface area contributed by atoms with Crippen molar-refractivity contribution in [1.29, 1.82) is 0 Å². The van der Waals surface area contributed by atoms with Crippen LogP contribution in [0.15, 0.2) is 30.3 Å². The lowest BCUT2D eigenvalue weighted by atomic mass is 9.85. The first-order valence-corrected chi connectivity index (χ1v) is 7.76. The van der Waals surface area contributed by atoms with Crippen LogP contribution in [0.4, 0.5) is 0 Å². The van der Waals surface area contributed by atoms with Gasteiger partial charge in [0.05, 0.1) is 12.3 Å². The molecule has 1 aromatic rings. The van der Waals surface area contributed by atoms with Gasteiger partial charge in [0.25, 0.3) is 0 Å². The average Bonchev–Trinajstić information content (AvgIpc) is 2.51. The van der Waals surface area contributed by atoms with Gasteiger partial charge in [-0.1, -0.05) is 51.1 Å². The maximum absolute atomic E-state index is 12.2. The minimum Gasteiger partial charge on any atom is -0.481 e. The summed E-state index contributed by atoms with van der Waals surface area (Å²) in [7, 11) is 0. The third kappa shape index (κ3) is 6.63. The molecule has 23 heavy (non-hydrogen) atoms. The number of hydrogen-bond acceptors (Lipinski definition) is 4. The molecule has 0 bridgehead atoms. The van der Waals surface area contributed by atoms with Crippen molar-refractivity contribution in [2.45, 2.75) is 40.2 Å². The molecule has 5 nitrogen and oxygen atoms in total. The Morgan fingerprint density at radius 3 is 2.17 bits per heavy atom. The van der Waals surface area contributed by atoms with Crippen LogP contribution in [0.2, 0.25) is 0 Å². The molecule has 0 unspecified atom stereocenters. The molecule has 0 saturated heterocycles. The number of Topliss-reactive ketones (excluding diaryl/α,β-unsaturated/α-hetero) is 1. The third-order valence-electron chi connectivity index (χ3n) is 3.78. The van der Waals surface area contributed by atoms with Gasteiger partial charge in [0.15, 0.2) is 0 Å². The van der Waals surface area contributed by atoms with Crippen molar-refractivity contribution >= 4 is 17.7 Å². The van der Waals surface area contributed by atoms with E-state index in [1.807, 2.05) is 44.2 Å². The van der Waals surface area contributed by atoms with E-state index in [0.717, 1.165) is 5.56 Å². The quantitative estimate of drug-likeness (QED) is 0.707. The smallest absolute Gasteiger partial charge is 0.306 e. The normalized spacial score (nSPS) is 13.4. The Hall–Kier alpha value is -2.17. The predicted molar refractivity (Wildman–Crippen MR) is 85.6 cm³/mol. The van der Waals surface area contributed by atoms with Gasteiger partial charge < -0.3 is 9.84 Å². The zero-order valence-electron chi connectivity index (χ0n) is 13.8. The van der Waals surface area contributed by atoms with Crippen LogP contribution in [-0.4, -0.2) is 22.8 Å². The van der Waals surface area contributed by atoms with Crippen LogP contribution in [-0.2, 0) is 25.7 Å². The summed E-state index contributed by atoms with van der Waals surface area (Å²) >= 11 is 0. The zero-order chi connectivity index (χ0) is 17.4. The molecule has 0 fully saturated rings. The van der Waals surface area contributed by atoms with Crippen molar-refractivity contribution < 1.29 is 24.2 Å². The number of rotatable bonds is 9. The third-order valence-corrected chi connectivity index (χ3v) is 3.78. The Bertz CT molecular complexity index is 536. The van der Waals surface area contributed by atoms with E-state index in [2.05, 4.69) is 0 Å². The summed E-state index contributed by atoms with van der Waals surface area (Å²) in [5.74, 6) is -2.96. The number of aliphatic carboxylic acids is 1. The van der Waals surface area contributed by atoms with E-state index in [1.165, 1.54) is 6.92 Å². The van der Waals surface area contributed by atoms with Crippen LogP contribution >= 0.6 is 0 Å². The summed E-state index contributed by atoms with van der Waals surface area (Å²) in [5.41, 5.74) is 0.882. The van der Waals surface area contributed by atoms with E-state index < -0.39 is 23.8 Å². The van der Waals surface area contributed by atoms with Crippen molar-refractivity contribution in [3.63, 3.8) is 0 Å². The van der Waals surface area contributed by atoms with Crippen molar-refractivity contribution in [2.24, 2.45) is 17.8 Å². The minimum atomic E-state index is -1.01. The Kier molecular flexibility index (Phi) is 7.45. The summed E-state index contributed by atoms with van der Waals surface area (Å²) in [6, 6.07) is 9.30. The predicted octanol–water partition coefficient (Wildman–Crippen LogP) is 3.07. The Balaban J connectivity index is 2.56. The summed E-state index contributed by atoms with van der Waals surface area (Å²) < 4.78 is 5.20. The minimum absolute atomic E-state index is 0.0182. The molecule has 2 atom stereocenters. The number of hydrogen-bond donors (Lipinski definition) is 1. The molecule has 0 spiro atoms. The molecular formula is C18H24O5. The molecule has 1 rings (SSSR count). The van der Waals surface area contributed by atoms with E-state index in [9.17, 15) is 14.4 Å². The molecular weight excluding hydrogens is 296 g/mol. The fourth-order valence-corrected chi connectivity index (χ4v) is 2.24. The van der Waals surface area contributed by atoms with Gasteiger partial charge in [0.1, 0.15) is 12.4 Å². The standard InChI is InChI=1S/C18H24O5/c1-12(2)15(16(19)9-13(3)18(21)22)10-17(20)23-11-14-7-5-4-6-8-14/h4-8,12-13,15H,9-11H2,1-3H3,(H,21,22)/t13-,15+/m1/s1. The molecule has 0 amide bonds. The van der Waals surface area contributed by atoms with Crippen molar-refractivity contribution in [1.82, 2.24) is 0 Å². The van der Waals surface area contributed by atoms with Gasteiger partial charge in [0, 0.05) is 12.3 Å². The van der Waals surface area contributed by atoms with Crippen molar-refractivity contribution in [2.75, 3.05) is 0 Å². The van der Waals surface area contributed by atoms with E-state index in [1.54, 1.807) is 0 Å². The first-order chi connectivity index (χ1) is 10.8. The first kappa shape index (κ1) is 18.9. The molecule has 126 valence electrons. The highest BCUT2D eigenvalue weighted by molar-refractivity contribution is 5.88. The molecule has 5 heteroatoms. The largest absolute Gasteiger partial charge is 0.481 e. The van der Waals surface area contributed by atoms with Crippen LogP contribution in [0, 0.1) is 17.8 Å². The van der Waals surface area contributed by atoms with Gasteiger partial charge in [0.2, 0.25) is 0 Å². The van der Waals surface area contributed by atoms with E-state index in [4.69, 9.17) is 9.84 Å². The van der Waals surface area contributed by atoms with Gasteiger partial charge in [-0.2, -0.15) is 0 Å². The molecule has 0 saturated carbocycles. The molecule has 1 N–H and O–H groups in total. The number of ether oxygens (including phenoxy) is 1. The van der Waals surface area contributed by atoms with Gasteiger partial charge in [-0.3, -0.25) is 14.4 Å². The first-order valence-electron chi connectivity index (χ1n) is 7.76. The number of carbonyl (C=O) groups is 3. The fraction of sp³-hybridized carbons (Fsp3) is 0.500. The van der Waals surface area contributed by atoms with Gasteiger partial charge in [-0.25, -0.2) is 0 Å². The van der Waals surface area contributed by atoms with Crippen LogP contribution < -0.4 is 0 Å². The van der Waals surface area contributed by atoms with E-state index >= 15 is 0 Å². The lowest BCUT2D eigenvalue weighted by Gasteiger charge is -2.19. The highest BCUT2D eigenvalue weighted by atomic mass is 16.5. The molecule has 0 aliphatic carbocycles. The highest BCUT2D eigenvalue weighted by Crippen LogP contribution is 2.21. The van der Waals surface area contributed by atoms with Gasteiger partial charge in [-0.05, 0) is 11.5 Å². The van der Waals surface area contributed by atoms with Crippen molar-refractivity contribution in [3.05, 3.63) is 35.9 Å². The number of carboxylic acid groups (broad SMARTS) is 1. The fourth-order valence-electron chi connectivity index (χ4n) is 2.24. The molecule has 0 heterocycles. The summed E-state index contributed by atoms with van der Waals surface area (Å²) in [4.78, 5) is 35.1. The number of benzene rings is 1. The molecule has 0 aromatic heterocycles. The molecule has 0 aliphatic heterocycles. The van der Waals surface area contributed by atoms with E-state index in [0.29, 0.717) is 0 Å². The lowest BCUT2D eigenvalue weighted by Crippen LogP contribution is -2.27. The SMILES string of the molecule is CC(C)[C@H](CC(=O)OCc1ccccc1)C(=O)C[C@@H](C)C(=O)O. The Morgan fingerprint density at radius 1 is 1.04 bits per heavy atom. The van der Waals surface area contributed by atoms with Crippen LogP contribution in [0.1, 0.15) is 39.2 Å². The van der Waals surface area contributed by atoms with E-state index in [-0.39, 0.29) is 31.1 Å². The number of ketones is 1. The highest BCUT2D eigenvalue weighted by Gasteiger charge is 2.28. The average molecular weight is 320 g/mol. The van der Waals surface area contributed by atoms with Gasteiger partial charge >= 0.3 is 11.9 Å². The Labute approximate surface area is 136 Å². The maximum atomic E-state index is 12.2. The second-order valence-corrected chi connectivity index (χ2v) is 6.11. The number of esters is 1. The van der Waals surface area contributed by atoms with Crippen LogP contribution in [0.25, 0.3) is 0 Å². The maximum Gasteiger partial charge on any atom is 0.306 e. The second-order valence-electron chi connectivity index (χ2n) is 6.11. The molecule has 1 aromatic carbocycles. The zero-order valence-corrected chi connectivity index (χ0v) is 13.8. The van der Waals surface area contributed by atoms with Crippen LogP contribution in [0.3, 0.4) is 0 Å². The Morgan fingerprint density at radius 2 is 1.65 bits per heavy atom. The lowest BCUT2D eigenvalue weighted by molar-refractivity contribution is -0.149. The molecule has 0 radical (unpaired) electrons. The molecule has 0 aliphatic rings. The van der Waals surface area contributed by atoms with Crippen LogP contribution in [0.5, 0.6) is 0 Å². The summed E-state index contributed by atoms with van der Waals surface area (Å²) in [5, 5.41) is 8.90. The number of carbonyl (C=O) groups excluding carboxylic acids is 2. The van der Waals surface area contributed by atoms with Crippen molar-refractivity contribution in [3.8, 4) is 0 Å². The summed E-state index contributed by atoms with van der Waals surface area (Å²) in [6.45, 7) is 5.35. The monoisotopic (exact) mass is 320 g/mol. The second kappa shape index (κ2) is 9.08. The topological polar surface area (TPSA) is 80.7 Å². The number of carboxylic acids is 1. The van der Waals surface area contributed by atoms with Gasteiger partial charge in [-0.15, -0.1) is 0 Å².